The lowest BCUT2D eigenvalue weighted by molar-refractivity contribution is 0.130. The Bertz CT molecular complexity index is 1200. The summed E-state index contributed by atoms with van der Waals surface area (Å²) in [7, 11) is 3.81. The van der Waals surface area contributed by atoms with Crippen LogP contribution in [-0.2, 0) is 7.05 Å². The van der Waals surface area contributed by atoms with E-state index in [1.807, 2.05) is 44.9 Å². The van der Waals surface area contributed by atoms with Gasteiger partial charge in [-0.15, -0.1) is 0 Å². The van der Waals surface area contributed by atoms with Crippen LogP contribution in [0.4, 0.5) is 5.82 Å². The van der Waals surface area contributed by atoms with Crippen molar-refractivity contribution >= 4 is 16.7 Å². The minimum atomic E-state index is 0.216. The molecule has 8 heteroatoms. The number of hydrogen-bond donors (Lipinski definition) is 1. The highest BCUT2D eigenvalue weighted by Crippen LogP contribution is 2.36. The molecule has 0 radical (unpaired) electrons. The Kier molecular flexibility index (Phi) is 5.05. The van der Waals surface area contributed by atoms with Gasteiger partial charge in [0.1, 0.15) is 17.3 Å². The van der Waals surface area contributed by atoms with E-state index in [1.54, 1.807) is 10.9 Å². The van der Waals surface area contributed by atoms with Crippen LogP contribution in [0.1, 0.15) is 37.3 Å². The van der Waals surface area contributed by atoms with Gasteiger partial charge in [-0.1, -0.05) is 0 Å². The Morgan fingerprint density at radius 1 is 1.13 bits per heavy atom. The molecule has 5 rings (SSSR count). The molecule has 160 valence electrons. The highest BCUT2D eigenvalue weighted by Gasteiger charge is 2.27. The molecule has 0 aromatic carbocycles. The van der Waals surface area contributed by atoms with Gasteiger partial charge in [0.25, 0.3) is 0 Å². The van der Waals surface area contributed by atoms with Crippen molar-refractivity contribution in [2.45, 2.75) is 44.8 Å². The summed E-state index contributed by atoms with van der Waals surface area (Å²) < 4.78 is 10.2. The van der Waals surface area contributed by atoms with Crippen LogP contribution in [0.2, 0.25) is 0 Å². The molecule has 4 aromatic rings. The number of aromatic nitrogens is 6. The highest BCUT2D eigenvalue weighted by molar-refractivity contribution is 5.93. The van der Waals surface area contributed by atoms with Gasteiger partial charge in [0.15, 0.2) is 0 Å². The SMILES string of the molecule is CNc1cc2c(cn1)c(-c1cnn(C)c1)nn2C1CCC(Oc2cnccc2C)CC1. The number of anilines is 1. The molecule has 0 unspecified atom stereocenters. The predicted octanol–water partition coefficient (Wildman–Crippen LogP) is 4.14. The van der Waals surface area contributed by atoms with Crippen molar-refractivity contribution in [3.63, 3.8) is 0 Å². The maximum atomic E-state index is 6.25. The molecular formula is C23H27N7O. The summed E-state index contributed by atoms with van der Waals surface area (Å²) in [4.78, 5) is 8.73. The smallest absolute Gasteiger partial charge is 0.140 e. The Morgan fingerprint density at radius 3 is 2.68 bits per heavy atom. The Morgan fingerprint density at radius 2 is 1.97 bits per heavy atom. The van der Waals surface area contributed by atoms with Crippen LogP contribution in [0.5, 0.6) is 5.75 Å². The highest BCUT2D eigenvalue weighted by atomic mass is 16.5. The molecule has 31 heavy (non-hydrogen) atoms. The second kappa shape index (κ2) is 8.02. The number of fused-ring (bicyclic) bond motifs is 1. The van der Waals surface area contributed by atoms with Crippen molar-refractivity contribution < 1.29 is 4.74 Å². The molecule has 0 amide bonds. The molecule has 1 saturated carbocycles. The van der Waals surface area contributed by atoms with E-state index in [2.05, 4.69) is 38.1 Å². The first-order valence-electron chi connectivity index (χ1n) is 10.7. The number of hydrogen-bond acceptors (Lipinski definition) is 6. The van der Waals surface area contributed by atoms with Gasteiger partial charge in [-0.2, -0.15) is 10.2 Å². The normalized spacial score (nSPS) is 18.9. The molecule has 8 nitrogen and oxygen atoms in total. The fourth-order valence-electron chi connectivity index (χ4n) is 4.36. The number of aryl methyl sites for hydroxylation is 2. The lowest BCUT2D eigenvalue weighted by Gasteiger charge is -2.29. The standard InChI is InChI=1S/C23H27N7O/c1-15-8-9-25-13-21(15)31-18-6-4-17(5-7-18)30-20-10-22(24-2)26-12-19(20)23(28-30)16-11-27-29(3)14-16/h8-14,17-18H,4-7H2,1-3H3,(H,24,26). The molecule has 0 saturated heterocycles. The number of rotatable bonds is 5. The third-order valence-electron chi connectivity index (χ3n) is 6.10. The Balaban J connectivity index is 1.42. The molecule has 1 aliphatic carbocycles. The zero-order chi connectivity index (χ0) is 21.4. The fourth-order valence-corrected chi connectivity index (χ4v) is 4.36. The van der Waals surface area contributed by atoms with Crippen LogP contribution in [-0.4, -0.2) is 42.7 Å². The maximum Gasteiger partial charge on any atom is 0.140 e. The third kappa shape index (κ3) is 3.73. The van der Waals surface area contributed by atoms with Crippen molar-refractivity contribution in [1.82, 2.24) is 29.5 Å². The largest absolute Gasteiger partial charge is 0.489 e. The van der Waals surface area contributed by atoms with Crippen LogP contribution in [0.25, 0.3) is 22.2 Å². The van der Waals surface area contributed by atoms with Crippen LogP contribution >= 0.6 is 0 Å². The molecule has 1 N–H and O–H groups in total. The molecule has 0 spiro atoms. The van der Waals surface area contributed by atoms with E-state index in [9.17, 15) is 0 Å². The number of pyridine rings is 2. The second-order valence-electron chi connectivity index (χ2n) is 8.22. The average molecular weight is 418 g/mol. The predicted molar refractivity (Wildman–Crippen MR) is 120 cm³/mol. The molecular weight excluding hydrogens is 390 g/mol. The lowest BCUT2D eigenvalue weighted by atomic mass is 9.93. The topological polar surface area (TPSA) is 82.7 Å². The Hall–Kier alpha value is -3.42. The molecule has 0 atom stereocenters. The van der Waals surface area contributed by atoms with Gasteiger partial charge < -0.3 is 10.1 Å². The lowest BCUT2D eigenvalue weighted by Crippen LogP contribution is -2.26. The van der Waals surface area contributed by atoms with E-state index in [0.29, 0.717) is 6.04 Å². The number of ether oxygens (including phenoxy) is 1. The molecule has 0 aliphatic heterocycles. The van der Waals surface area contributed by atoms with Gasteiger partial charge in [0.2, 0.25) is 0 Å². The van der Waals surface area contributed by atoms with E-state index >= 15 is 0 Å². The van der Waals surface area contributed by atoms with Gasteiger partial charge in [-0.3, -0.25) is 14.3 Å². The maximum absolute atomic E-state index is 6.25. The molecule has 4 aromatic heterocycles. The van der Waals surface area contributed by atoms with Gasteiger partial charge >= 0.3 is 0 Å². The van der Waals surface area contributed by atoms with Crippen molar-refractivity contribution in [3.8, 4) is 17.0 Å². The van der Waals surface area contributed by atoms with Gasteiger partial charge in [0.05, 0.1) is 30.1 Å². The summed E-state index contributed by atoms with van der Waals surface area (Å²) in [6, 6.07) is 4.41. The van der Waals surface area contributed by atoms with Crippen molar-refractivity contribution in [2.75, 3.05) is 12.4 Å². The quantitative estimate of drug-likeness (QED) is 0.525. The van der Waals surface area contributed by atoms with Crippen molar-refractivity contribution in [1.29, 1.82) is 0 Å². The van der Waals surface area contributed by atoms with Crippen LogP contribution in [0, 0.1) is 6.92 Å². The summed E-state index contributed by atoms with van der Waals surface area (Å²) in [5, 5.41) is 13.6. The zero-order valence-electron chi connectivity index (χ0n) is 18.1. The van der Waals surface area contributed by atoms with Crippen molar-refractivity contribution in [3.05, 3.63) is 48.7 Å². The first kappa shape index (κ1) is 19.5. The van der Waals surface area contributed by atoms with Crippen LogP contribution in [0.3, 0.4) is 0 Å². The van der Waals surface area contributed by atoms with E-state index in [4.69, 9.17) is 9.84 Å². The monoisotopic (exact) mass is 417 g/mol. The molecule has 1 fully saturated rings. The number of nitrogens with zero attached hydrogens (tertiary/aromatic N) is 6. The number of nitrogens with one attached hydrogen (secondary N) is 1. The second-order valence-corrected chi connectivity index (χ2v) is 8.22. The first-order valence-corrected chi connectivity index (χ1v) is 10.7. The third-order valence-corrected chi connectivity index (χ3v) is 6.10. The van der Waals surface area contributed by atoms with Crippen LogP contribution < -0.4 is 10.1 Å². The van der Waals surface area contributed by atoms with Gasteiger partial charge in [0, 0.05) is 49.7 Å². The summed E-state index contributed by atoms with van der Waals surface area (Å²) in [6.07, 6.45) is 13.6. The summed E-state index contributed by atoms with van der Waals surface area (Å²) in [5.74, 6) is 1.73. The first-order chi connectivity index (χ1) is 15.1. The fraction of sp³-hybridized carbons (Fsp3) is 0.391. The van der Waals surface area contributed by atoms with Gasteiger partial charge in [-0.05, 0) is 44.2 Å². The molecule has 1 aliphatic rings. The van der Waals surface area contributed by atoms with Crippen LogP contribution in [0.15, 0.2) is 43.1 Å². The average Bonchev–Trinajstić information content (AvgIpc) is 3.39. The summed E-state index contributed by atoms with van der Waals surface area (Å²) in [6.45, 7) is 2.06. The van der Waals surface area contributed by atoms with E-state index in [-0.39, 0.29) is 6.10 Å². The summed E-state index contributed by atoms with van der Waals surface area (Å²) >= 11 is 0. The zero-order valence-corrected chi connectivity index (χ0v) is 18.1. The minimum Gasteiger partial charge on any atom is -0.489 e. The van der Waals surface area contributed by atoms with E-state index in [1.165, 1.54) is 0 Å². The van der Waals surface area contributed by atoms with Crippen molar-refractivity contribution in [2.24, 2.45) is 7.05 Å². The molecule has 4 heterocycles. The Labute approximate surface area is 181 Å². The molecule has 0 bridgehead atoms. The minimum absolute atomic E-state index is 0.216. The van der Waals surface area contributed by atoms with E-state index in [0.717, 1.165) is 65.0 Å². The van der Waals surface area contributed by atoms with E-state index < -0.39 is 0 Å². The summed E-state index contributed by atoms with van der Waals surface area (Å²) in [5.41, 5.74) is 4.17. The van der Waals surface area contributed by atoms with Gasteiger partial charge in [-0.25, -0.2) is 4.98 Å².